The Bertz CT molecular complexity index is 457. The maximum atomic E-state index is 2.50. The maximum Gasteiger partial charge on any atom is 0.00891 e. The van der Waals surface area contributed by atoms with E-state index in [-0.39, 0.29) is 0 Å². The Morgan fingerprint density at radius 3 is 1.35 bits per heavy atom. The van der Waals surface area contributed by atoms with Crippen LogP contribution in [0, 0.1) is 23.7 Å². The van der Waals surface area contributed by atoms with E-state index in [0.717, 1.165) is 29.7 Å². The van der Waals surface area contributed by atoms with Crippen molar-refractivity contribution < 1.29 is 0 Å². The molecule has 0 radical (unpaired) electrons. The molecule has 0 bridgehead atoms. The number of nitrogens with zero attached hydrogens (tertiary/aromatic N) is 1. The smallest absolute Gasteiger partial charge is 0.00891 e. The van der Waals surface area contributed by atoms with Crippen LogP contribution in [-0.2, 0) is 0 Å². The monoisotopic (exact) mass is 476 g/mol. The zero-order valence-corrected chi connectivity index (χ0v) is 24.3. The summed E-state index contributed by atoms with van der Waals surface area (Å²) in [5, 5.41) is 0. The lowest BCUT2D eigenvalue weighted by atomic mass is 9.99. The topological polar surface area (TPSA) is 3.24 Å². The van der Waals surface area contributed by atoms with Gasteiger partial charge in [0.25, 0.3) is 0 Å². The molecule has 2 saturated carbocycles. The fourth-order valence-electron chi connectivity index (χ4n) is 6.62. The summed E-state index contributed by atoms with van der Waals surface area (Å²) in [6, 6.07) is 0.824. The Morgan fingerprint density at radius 1 is 0.500 bits per heavy atom. The molecular weight excluding hydrogens is 410 g/mol. The summed E-state index contributed by atoms with van der Waals surface area (Å²) < 4.78 is 0. The van der Waals surface area contributed by atoms with Gasteiger partial charge in [0, 0.05) is 6.04 Å². The van der Waals surface area contributed by atoms with E-state index in [1.807, 2.05) is 0 Å². The molecule has 0 aromatic rings. The van der Waals surface area contributed by atoms with E-state index in [9.17, 15) is 0 Å². The number of hydrogen-bond donors (Lipinski definition) is 0. The van der Waals surface area contributed by atoms with Crippen LogP contribution in [0.4, 0.5) is 0 Å². The number of hydrogen-bond acceptors (Lipinski definition) is 1. The minimum atomic E-state index is 0.824. The van der Waals surface area contributed by atoms with Crippen LogP contribution in [0.2, 0.25) is 0 Å². The third-order valence-electron chi connectivity index (χ3n) is 9.41. The highest BCUT2D eigenvalue weighted by Crippen LogP contribution is 2.54. The predicted octanol–water partition coefficient (Wildman–Crippen LogP) is 10.8. The second kappa shape index (κ2) is 19.1. The molecule has 1 unspecified atom stereocenters. The van der Waals surface area contributed by atoms with Crippen molar-refractivity contribution in [3.8, 4) is 0 Å². The number of unbranched alkanes of at least 4 members (excludes halogenated alkanes) is 14. The molecule has 0 heterocycles. The summed E-state index contributed by atoms with van der Waals surface area (Å²) >= 11 is 0. The molecule has 5 atom stereocenters. The van der Waals surface area contributed by atoms with Crippen LogP contribution in [0.1, 0.15) is 168 Å². The summed E-state index contributed by atoms with van der Waals surface area (Å²) in [7, 11) is 4.60. The van der Waals surface area contributed by atoms with Crippen LogP contribution in [0.3, 0.4) is 0 Å². The van der Waals surface area contributed by atoms with Crippen LogP contribution in [0.5, 0.6) is 0 Å². The van der Waals surface area contributed by atoms with E-state index in [1.165, 1.54) is 122 Å². The lowest BCUT2D eigenvalue weighted by Crippen LogP contribution is -2.27. The van der Waals surface area contributed by atoms with Gasteiger partial charge < -0.3 is 4.90 Å². The first-order chi connectivity index (χ1) is 16.7. The van der Waals surface area contributed by atoms with Gasteiger partial charge in [-0.05, 0) is 69.9 Å². The first-order valence-corrected chi connectivity index (χ1v) is 16.3. The second-order valence-electron chi connectivity index (χ2n) is 12.8. The lowest BCUT2D eigenvalue weighted by molar-refractivity contribution is 0.251. The summed E-state index contributed by atoms with van der Waals surface area (Å²) in [5.41, 5.74) is 0. The van der Waals surface area contributed by atoms with Gasteiger partial charge in [0.05, 0.1) is 0 Å². The molecule has 0 spiro atoms. The lowest BCUT2D eigenvalue weighted by Gasteiger charge is -2.24. The van der Waals surface area contributed by atoms with Crippen molar-refractivity contribution in [2.75, 3.05) is 14.1 Å². The molecule has 0 aromatic heterocycles. The van der Waals surface area contributed by atoms with Gasteiger partial charge in [-0.2, -0.15) is 0 Å². The molecule has 1 nitrogen and oxygen atoms in total. The van der Waals surface area contributed by atoms with E-state index in [4.69, 9.17) is 0 Å². The minimum absolute atomic E-state index is 0.824. The first-order valence-electron chi connectivity index (χ1n) is 16.3. The summed E-state index contributed by atoms with van der Waals surface area (Å²) in [4.78, 5) is 2.50. The summed E-state index contributed by atoms with van der Waals surface area (Å²) in [6.07, 6.45) is 35.5. The fraction of sp³-hybridized carbons (Fsp3) is 1.00. The highest BCUT2D eigenvalue weighted by Gasteiger charge is 2.44. The van der Waals surface area contributed by atoms with Crippen LogP contribution in [0.25, 0.3) is 0 Å². The Labute approximate surface area is 216 Å². The molecule has 202 valence electrons. The second-order valence-corrected chi connectivity index (χ2v) is 12.8. The van der Waals surface area contributed by atoms with E-state index in [2.05, 4.69) is 32.8 Å². The zero-order chi connectivity index (χ0) is 24.4. The van der Waals surface area contributed by atoms with E-state index in [1.54, 1.807) is 32.1 Å². The van der Waals surface area contributed by atoms with Gasteiger partial charge in [0.2, 0.25) is 0 Å². The van der Waals surface area contributed by atoms with E-state index in [0.29, 0.717) is 0 Å². The Balaban J connectivity index is 1.33. The van der Waals surface area contributed by atoms with Gasteiger partial charge in [-0.15, -0.1) is 0 Å². The maximum absolute atomic E-state index is 2.50. The van der Waals surface area contributed by atoms with Crippen molar-refractivity contribution in [3.63, 3.8) is 0 Å². The molecule has 34 heavy (non-hydrogen) atoms. The van der Waals surface area contributed by atoms with E-state index < -0.39 is 0 Å². The van der Waals surface area contributed by atoms with Crippen LogP contribution >= 0.6 is 0 Å². The van der Waals surface area contributed by atoms with Crippen LogP contribution in [0.15, 0.2) is 0 Å². The quantitative estimate of drug-likeness (QED) is 0.119. The minimum Gasteiger partial charge on any atom is -0.306 e. The van der Waals surface area contributed by atoms with Crippen molar-refractivity contribution in [2.45, 2.75) is 174 Å². The average molecular weight is 476 g/mol. The molecule has 0 aliphatic heterocycles. The van der Waals surface area contributed by atoms with E-state index >= 15 is 0 Å². The highest BCUT2D eigenvalue weighted by atomic mass is 15.1. The van der Waals surface area contributed by atoms with Gasteiger partial charge in [-0.3, -0.25) is 0 Å². The molecule has 0 N–H and O–H groups in total. The molecule has 2 aliphatic rings. The van der Waals surface area contributed by atoms with Crippen molar-refractivity contribution in [1.29, 1.82) is 0 Å². The molecule has 0 aromatic carbocycles. The molecule has 2 fully saturated rings. The Hall–Kier alpha value is -0.0400. The van der Waals surface area contributed by atoms with Crippen molar-refractivity contribution in [3.05, 3.63) is 0 Å². The predicted molar refractivity (Wildman–Crippen MR) is 154 cm³/mol. The van der Waals surface area contributed by atoms with Crippen LogP contribution in [-0.4, -0.2) is 25.0 Å². The highest BCUT2D eigenvalue weighted by molar-refractivity contribution is 4.94. The first kappa shape index (κ1) is 30.2. The van der Waals surface area contributed by atoms with Crippen molar-refractivity contribution >= 4 is 0 Å². The summed E-state index contributed by atoms with van der Waals surface area (Å²) in [6.45, 7) is 4.64. The van der Waals surface area contributed by atoms with Crippen LogP contribution < -0.4 is 0 Å². The molecule has 0 saturated heterocycles. The van der Waals surface area contributed by atoms with Gasteiger partial charge >= 0.3 is 0 Å². The van der Waals surface area contributed by atoms with Gasteiger partial charge in [0.1, 0.15) is 0 Å². The average Bonchev–Trinajstić information content (AvgIpc) is 3.74. The SMILES string of the molecule is CCCCCCCCCC(CCCCCCCCC[C@H]1C[C@H]1C[C@H]1C[C@H]1CCCCC)N(C)C. The van der Waals surface area contributed by atoms with Crippen molar-refractivity contribution in [1.82, 2.24) is 4.90 Å². The fourth-order valence-corrected chi connectivity index (χ4v) is 6.62. The normalized spacial score (nSPS) is 24.6. The molecular formula is C33H65N. The Morgan fingerprint density at radius 2 is 0.882 bits per heavy atom. The zero-order valence-electron chi connectivity index (χ0n) is 24.3. The van der Waals surface area contributed by atoms with Gasteiger partial charge in [-0.25, -0.2) is 0 Å². The Kier molecular flexibility index (Phi) is 17.0. The third kappa shape index (κ3) is 14.5. The molecule has 0 amide bonds. The molecule has 2 aliphatic carbocycles. The molecule has 1 heteroatoms. The third-order valence-corrected chi connectivity index (χ3v) is 9.41. The van der Waals surface area contributed by atoms with Gasteiger partial charge in [0.15, 0.2) is 0 Å². The summed E-state index contributed by atoms with van der Waals surface area (Å²) in [5.74, 6) is 4.57. The number of rotatable bonds is 25. The van der Waals surface area contributed by atoms with Gasteiger partial charge in [-0.1, -0.05) is 136 Å². The molecule has 2 rings (SSSR count). The standard InChI is InChI=1S/C33H65N/c1-5-7-9-10-12-16-20-24-33(34(3)4)25-21-17-14-11-13-15-19-23-30-27-32(30)28-31-26-29(31)22-18-8-6-2/h29-33H,5-28H2,1-4H3/t29-,30+,31-,32+,33?/m1/s1. The van der Waals surface area contributed by atoms with Crippen molar-refractivity contribution in [2.24, 2.45) is 23.7 Å². The largest absolute Gasteiger partial charge is 0.306 e.